The van der Waals surface area contributed by atoms with Gasteiger partial charge in [0, 0.05) is 0 Å². The highest BCUT2D eigenvalue weighted by atomic mass is 35.5. The molecule has 0 radical (unpaired) electrons. The number of halogens is 6. The number of rotatable bonds is 6. The van der Waals surface area contributed by atoms with Crippen LogP contribution in [0.1, 0.15) is 11.1 Å². The van der Waals surface area contributed by atoms with E-state index in [4.69, 9.17) is 74.3 Å². The molecule has 0 aromatic heterocycles. The third-order valence-corrected chi connectivity index (χ3v) is 6.38. The summed E-state index contributed by atoms with van der Waals surface area (Å²) in [6.45, 7) is 0.151. The number of nitrogens with one attached hydrogen (secondary N) is 1. The maximum Gasteiger partial charge on any atom is 0.266 e. The van der Waals surface area contributed by atoms with Crippen LogP contribution in [-0.4, -0.2) is 5.91 Å². The number of anilines is 1. The lowest BCUT2D eigenvalue weighted by Gasteiger charge is -2.12. The summed E-state index contributed by atoms with van der Waals surface area (Å²) in [7, 11) is 0. The molecule has 0 fully saturated rings. The molecule has 1 N–H and O–H groups in total. The fourth-order valence-electron chi connectivity index (χ4n) is 2.69. The fourth-order valence-corrected chi connectivity index (χ4v) is 3.97. The summed E-state index contributed by atoms with van der Waals surface area (Å²) in [5.74, 6) is -0.427. The lowest BCUT2D eigenvalue weighted by atomic mass is 10.1. The summed E-state index contributed by atoms with van der Waals surface area (Å²) in [5, 5.41) is 13.7. The van der Waals surface area contributed by atoms with Crippen molar-refractivity contribution < 1.29 is 9.53 Å². The number of carbonyl (C=O) groups is 1. The monoisotopic (exact) mass is 558 g/mol. The van der Waals surface area contributed by atoms with Crippen LogP contribution in [-0.2, 0) is 11.4 Å². The molecule has 0 atom stereocenters. The summed E-state index contributed by atoms with van der Waals surface area (Å²) in [4.78, 5) is 12.5. The van der Waals surface area contributed by atoms with E-state index in [9.17, 15) is 10.1 Å². The van der Waals surface area contributed by atoms with Crippen molar-refractivity contribution in [3.8, 4) is 11.8 Å². The minimum Gasteiger partial charge on any atom is -0.486 e. The van der Waals surface area contributed by atoms with Crippen molar-refractivity contribution in [3.05, 3.63) is 95.4 Å². The number of benzene rings is 3. The maximum absolute atomic E-state index is 12.5. The molecule has 0 spiro atoms. The van der Waals surface area contributed by atoms with E-state index in [2.05, 4.69) is 5.32 Å². The lowest BCUT2D eigenvalue weighted by Crippen LogP contribution is -2.13. The number of nitrogens with zero attached hydrogens (tertiary/aromatic N) is 1. The summed E-state index contributed by atoms with van der Waals surface area (Å²) >= 11 is 36.6. The van der Waals surface area contributed by atoms with Crippen LogP contribution < -0.4 is 10.1 Å². The quantitative estimate of drug-likeness (QED) is 0.242. The van der Waals surface area contributed by atoms with E-state index in [1.54, 1.807) is 36.4 Å². The normalized spacial score (nSPS) is 11.1. The zero-order chi connectivity index (χ0) is 24.1. The van der Waals surface area contributed by atoms with Gasteiger partial charge in [-0.2, -0.15) is 5.26 Å². The average Bonchev–Trinajstić information content (AvgIpc) is 2.77. The summed E-state index contributed by atoms with van der Waals surface area (Å²) in [6.07, 6.45) is 1.34. The lowest BCUT2D eigenvalue weighted by molar-refractivity contribution is -0.112. The minimum absolute atomic E-state index is 0.151. The zero-order valence-electron chi connectivity index (χ0n) is 16.4. The third-order valence-electron chi connectivity index (χ3n) is 4.26. The van der Waals surface area contributed by atoms with Crippen molar-refractivity contribution in [1.29, 1.82) is 5.26 Å². The SMILES string of the molecule is N#C/C(=C/c1cc(Cl)c(OCc2ccc(Cl)c(Cl)c2)c(Cl)c1)C(=O)Nc1cccc(Cl)c1Cl. The maximum atomic E-state index is 12.5. The molecule has 3 aromatic carbocycles. The molecular weight excluding hydrogens is 549 g/mol. The molecule has 0 aliphatic heterocycles. The first-order chi connectivity index (χ1) is 15.7. The van der Waals surface area contributed by atoms with Crippen LogP contribution >= 0.6 is 69.6 Å². The van der Waals surface area contributed by atoms with Crippen molar-refractivity contribution in [3.63, 3.8) is 0 Å². The van der Waals surface area contributed by atoms with E-state index in [0.717, 1.165) is 5.56 Å². The van der Waals surface area contributed by atoms with Gasteiger partial charge in [-0.3, -0.25) is 4.79 Å². The Bertz CT molecular complexity index is 1280. The van der Waals surface area contributed by atoms with Gasteiger partial charge < -0.3 is 10.1 Å². The molecule has 168 valence electrons. The van der Waals surface area contributed by atoms with Gasteiger partial charge in [-0.05, 0) is 53.6 Å². The van der Waals surface area contributed by atoms with Gasteiger partial charge in [-0.15, -0.1) is 0 Å². The second-order valence-corrected chi connectivity index (χ2v) is 8.99. The van der Waals surface area contributed by atoms with Crippen LogP contribution in [0, 0.1) is 11.3 Å². The second kappa shape index (κ2) is 11.4. The van der Waals surface area contributed by atoms with Crippen molar-refractivity contribution in [2.45, 2.75) is 6.61 Å². The predicted molar refractivity (Wildman–Crippen MR) is 136 cm³/mol. The van der Waals surface area contributed by atoms with Gasteiger partial charge in [-0.1, -0.05) is 81.7 Å². The number of nitriles is 1. The molecule has 4 nitrogen and oxygen atoms in total. The van der Waals surface area contributed by atoms with Crippen LogP contribution in [0.25, 0.3) is 6.08 Å². The van der Waals surface area contributed by atoms with Gasteiger partial charge in [0.05, 0.1) is 35.8 Å². The highest BCUT2D eigenvalue weighted by Gasteiger charge is 2.15. The molecule has 10 heteroatoms. The predicted octanol–water partition coefficient (Wildman–Crippen LogP) is 8.73. The van der Waals surface area contributed by atoms with Crippen molar-refractivity contribution in [1.82, 2.24) is 0 Å². The van der Waals surface area contributed by atoms with Gasteiger partial charge in [0.25, 0.3) is 5.91 Å². The minimum atomic E-state index is -0.672. The van der Waals surface area contributed by atoms with Crippen LogP contribution in [0.4, 0.5) is 5.69 Å². The highest BCUT2D eigenvalue weighted by Crippen LogP contribution is 2.36. The summed E-state index contributed by atoms with van der Waals surface area (Å²) < 4.78 is 5.73. The Morgan fingerprint density at radius 1 is 0.909 bits per heavy atom. The summed E-state index contributed by atoms with van der Waals surface area (Å²) in [6, 6.07) is 14.7. The number of hydrogen-bond donors (Lipinski definition) is 1. The molecule has 0 bridgehead atoms. The summed E-state index contributed by atoms with van der Waals surface area (Å²) in [5.41, 5.74) is 1.28. The van der Waals surface area contributed by atoms with Crippen LogP contribution in [0.2, 0.25) is 30.1 Å². The first-order valence-electron chi connectivity index (χ1n) is 9.12. The molecule has 3 aromatic rings. The van der Waals surface area contributed by atoms with Crippen LogP contribution in [0.5, 0.6) is 5.75 Å². The standard InChI is InChI=1S/C23H12Cl6N2O2/c24-15-5-4-12(7-17(15)26)11-33-22-18(27)8-13(9-19(22)28)6-14(10-30)23(32)31-20-3-1-2-16(25)21(20)29/h1-9H,11H2,(H,31,32)/b14-6-. The Kier molecular flexibility index (Phi) is 8.78. The third kappa shape index (κ3) is 6.49. The molecule has 0 unspecified atom stereocenters. The molecular formula is C23H12Cl6N2O2. The van der Waals surface area contributed by atoms with E-state index in [1.807, 2.05) is 6.07 Å². The van der Waals surface area contributed by atoms with Crippen molar-refractivity contribution in [2.75, 3.05) is 5.32 Å². The van der Waals surface area contributed by atoms with E-state index < -0.39 is 5.91 Å². The Hall–Kier alpha value is -2.10. The molecule has 33 heavy (non-hydrogen) atoms. The number of amides is 1. The van der Waals surface area contributed by atoms with Crippen LogP contribution in [0.15, 0.2) is 54.1 Å². The molecule has 1 amide bonds. The Balaban J connectivity index is 1.79. The average molecular weight is 561 g/mol. The molecule has 0 heterocycles. The molecule has 0 aliphatic rings. The highest BCUT2D eigenvalue weighted by molar-refractivity contribution is 6.44. The topological polar surface area (TPSA) is 62.1 Å². The first-order valence-corrected chi connectivity index (χ1v) is 11.4. The van der Waals surface area contributed by atoms with Gasteiger partial charge in [0.1, 0.15) is 18.2 Å². The van der Waals surface area contributed by atoms with E-state index in [1.165, 1.54) is 18.2 Å². The van der Waals surface area contributed by atoms with Gasteiger partial charge in [0.2, 0.25) is 0 Å². The first kappa shape index (κ1) is 25.5. The fraction of sp³-hybridized carbons (Fsp3) is 0.0435. The molecule has 0 aliphatic carbocycles. The molecule has 0 saturated carbocycles. The number of carbonyl (C=O) groups excluding carboxylic acids is 1. The van der Waals surface area contributed by atoms with Gasteiger partial charge in [0.15, 0.2) is 5.75 Å². The van der Waals surface area contributed by atoms with Crippen LogP contribution in [0.3, 0.4) is 0 Å². The smallest absolute Gasteiger partial charge is 0.266 e. The van der Waals surface area contributed by atoms with Crippen molar-refractivity contribution >= 4 is 87.3 Å². The largest absolute Gasteiger partial charge is 0.486 e. The number of hydrogen-bond acceptors (Lipinski definition) is 3. The van der Waals surface area contributed by atoms with Gasteiger partial charge >= 0.3 is 0 Å². The Morgan fingerprint density at radius 3 is 2.24 bits per heavy atom. The Labute approximate surface area is 220 Å². The Morgan fingerprint density at radius 2 is 1.61 bits per heavy atom. The molecule has 0 saturated heterocycles. The van der Waals surface area contributed by atoms with E-state index in [-0.39, 0.29) is 43.7 Å². The zero-order valence-corrected chi connectivity index (χ0v) is 21.0. The number of ether oxygens (including phenoxy) is 1. The van der Waals surface area contributed by atoms with E-state index >= 15 is 0 Å². The molecule has 3 rings (SSSR count). The second-order valence-electron chi connectivity index (χ2n) is 6.58. The van der Waals surface area contributed by atoms with E-state index in [0.29, 0.717) is 15.6 Å². The van der Waals surface area contributed by atoms with Gasteiger partial charge in [-0.25, -0.2) is 0 Å². The van der Waals surface area contributed by atoms with Crippen molar-refractivity contribution in [2.24, 2.45) is 0 Å².